The van der Waals surface area contributed by atoms with Gasteiger partial charge in [-0.15, -0.1) is 0 Å². The van der Waals surface area contributed by atoms with Crippen LogP contribution in [0.5, 0.6) is 11.6 Å². The number of hydrogen-bond acceptors (Lipinski definition) is 9. The molecule has 1 fully saturated rings. The second-order valence-electron chi connectivity index (χ2n) is 8.39. The molecule has 3 heterocycles. The number of rotatable bonds is 7. The van der Waals surface area contributed by atoms with E-state index in [-0.39, 0.29) is 24.3 Å². The monoisotopic (exact) mass is 510 g/mol. The first-order chi connectivity index (χ1) is 17.7. The van der Waals surface area contributed by atoms with Gasteiger partial charge in [-0.05, 0) is 37.3 Å². The molecule has 2 aromatic heterocycles. The van der Waals surface area contributed by atoms with Crippen LogP contribution in [-0.2, 0) is 4.79 Å². The SMILES string of the molecule is COc1cc(Nc2nccc(-c3ccc(O[C@H]4CCN(C(=O)[C@@H](C)O)CC4(F)F)c(C#N)c3)n2)ccn1. The van der Waals surface area contributed by atoms with Crippen molar-refractivity contribution < 1.29 is 28.2 Å². The van der Waals surface area contributed by atoms with Gasteiger partial charge < -0.3 is 24.8 Å². The molecule has 1 amide bonds. The molecule has 0 radical (unpaired) electrons. The van der Waals surface area contributed by atoms with Crippen LogP contribution >= 0.6 is 0 Å². The molecule has 3 aromatic rings. The van der Waals surface area contributed by atoms with Crippen LogP contribution in [0.15, 0.2) is 48.8 Å². The summed E-state index contributed by atoms with van der Waals surface area (Å²) in [5.41, 5.74) is 1.78. The standard InChI is InChI=1S/C25H24F2N6O4/c1-15(34)23(35)33-10-7-21(25(26,27)14-33)37-20-4-3-16(11-17(20)13-28)19-6-9-30-24(32-19)31-18-5-8-29-22(12-18)36-2/h3-6,8-9,11-12,15,21,34H,7,10,14H2,1-2H3,(H,29,30,31,32)/t15-,21+/m1/s1. The van der Waals surface area contributed by atoms with Crippen LogP contribution in [0, 0.1) is 11.3 Å². The zero-order valence-corrected chi connectivity index (χ0v) is 20.1. The van der Waals surface area contributed by atoms with E-state index in [2.05, 4.69) is 20.3 Å². The summed E-state index contributed by atoms with van der Waals surface area (Å²) in [5, 5.41) is 22.1. The van der Waals surface area contributed by atoms with E-state index in [0.717, 1.165) is 4.90 Å². The molecule has 4 rings (SSSR count). The number of amides is 1. The summed E-state index contributed by atoms with van der Waals surface area (Å²) in [6.07, 6.45) is 0.0643. The Morgan fingerprint density at radius 1 is 1.27 bits per heavy atom. The lowest BCUT2D eigenvalue weighted by Crippen LogP contribution is -2.56. The Labute approximate surface area is 211 Å². The summed E-state index contributed by atoms with van der Waals surface area (Å²) >= 11 is 0. The molecule has 0 spiro atoms. The Bertz CT molecular complexity index is 1330. The number of carbonyl (C=O) groups is 1. The molecule has 0 saturated carbocycles. The number of aromatic nitrogens is 3. The van der Waals surface area contributed by atoms with E-state index < -0.39 is 30.6 Å². The lowest BCUT2D eigenvalue weighted by Gasteiger charge is -2.38. The third-order valence-electron chi connectivity index (χ3n) is 5.72. The fourth-order valence-corrected chi connectivity index (χ4v) is 3.86. The molecule has 37 heavy (non-hydrogen) atoms. The average molecular weight is 511 g/mol. The van der Waals surface area contributed by atoms with Gasteiger partial charge in [0.2, 0.25) is 11.8 Å². The van der Waals surface area contributed by atoms with Crippen molar-refractivity contribution in [2.75, 3.05) is 25.5 Å². The van der Waals surface area contributed by atoms with Crippen LogP contribution in [0.25, 0.3) is 11.3 Å². The first kappa shape index (κ1) is 25.7. The predicted molar refractivity (Wildman–Crippen MR) is 128 cm³/mol. The largest absolute Gasteiger partial charge is 0.483 e. The van der Waals surface area contributed by atoms with Crippen LogP contribution < -0.4 is 14.8 Å². The van der Waals surface area contributed by atoms with Gasteiger partial charge in [-0.2, -0.15) is 5.26 Å². The van der Waals surface area contributed by atoms with Crippen molar-refractivity contribution in [3.05, 3.63) is 54.4 Å². The number of anilines is 2. The number of benzene rings is 1. The molecular formula is C25H24F2N6O4. The molecule has 0 aliphatic carbocycles. The van der Waals surface area contributed by atoms with Gasteiger partial charge in [0.1, 0.15) is 17.9 Å². The number of pyridine rings is 1. The maximum absolute atomic E-state index is 14.8. The minimum Gasteiger partial charge on any atom is -0.483 e. The first-order valence-electron chi connectivity index (χ1n) is 11.4. The molecule has 1 aromatic carbocycles. The van der Waals surface area contributed by atoms with E-state index >= 15 is 0 Å². The van der Waals surface area contributed by atoms with E-state index in [0.29, 0.717) is 28.8 Å². The number of nitrogens with zero attached hydrogens (tertiary/aromatic N) is 5. The minimum atomic E-state index is -3.36. The van der Waals surface area contributed by atoms with Crippen molar-refractivity contribution in [3.8, 4) is 29.0 Å². The van der Waals surface area contributed by atoms with Gasteiger partial charge in [-0.1, -0.05) is 0 Å². The third kappa shape index (κ3) is 5.90. The highest BCUT2D eigenvalue weighted by atomic mass is 19.3. The van der Waals surface area contributed by atoms with Gasteiger partial charge in [-0.3, -0.25) is 4.79 Å². The first-order valence-corrected chi connectivity index (χ1v) is 11.4. The Kier molecular flexibility index (Phi) is 7.45. The number of likely N-dealkylation sites (tertiary alicyclic amines) is 1. The summed E-state index contributed by atoms with van der Waals surface area (Å²) in [6, 6.07) is 11.6. The molecule has 1 aliphatic heterocycles. The maximum Gasteiger partial charge on any atom is 0.301 e. The number of alkyl halides is 2. The van der Waals surface area contributed by atoms with Crippen molar-refractivity contribution in [3.63, 3.8) is 0 Å². The Balaban J connectivity index is 1.51. The quantitative estimate of drug-likeness (QED) is 0.492. The van der Waals surface area contributed by atoms with Gasteiger partial charge in [0, 0.05) is 42.7 Å². The molecule has 0 bridgehead atoms. The molecule has 12 heteroatoms. The van der Waals surface area contributed by atoms with Crippen molar-refractivity contribution in [2.24, 2.45) is 0 Å². The normalized spacial score (nSPS) is 17.4. The predicted octanol–water partition coefficient (Wildman–Crippen LogP) is 3.16. The van der Waals surface area contributed by atoms with Gasteiger partial charge in [-0.25, -0.2) is 23.7 Å². The topological polar surface area (TPSA) is 133 Å². The third-order valence-corrected chi connectivity index (χ3v) is 5.72. The van der Waals surface area contributed by atoms with E-state index in [1.807, 2.05) is 6.07 Å². The van der Waals surface area contributed by atoms with Crippen LogP contribution in [-0.4, -0.2) is 69.2 Å². The Hall–Kier alpha value is -4.37. The molecule has 2 N–H and O–H groups in total. The van der Waals surface area contributed by atoms with Gasteiger partial charge in [0.15, 0.2) is 6.10 Å². The number of nitriles is 1. The molecule has 2 atom stereocenters. The van der Waals surface area contributed by atoms with Crippen molar-refractivity contribution >= 4 is 17.5 Å². The maximum atomic E-state index is 14.8. The highest BCUT2D eigenvalue weighted by Gasteiger charge is 2.48. The second kappa shape index (κ2) is 10.7. The lowest BCUT2D eigenvalue weighted by atomic mass is 10.0. The van der Waals surface area contributed by atoms with Gasteiger partial charge in [0.25, 0.3) is 5.91 Å². The number of ether oxygens (including phenoxy) is 2. The number of aliphatic hydroxyl groups is 1. The highest BCUT2D eigenvalue weighted by molar-refractivity contribution is 5.80. The summed E-state index contributed by atoms with van der Waals surface area (Å²) in [7, 11) is 1.51. The fraction of sp³-hybridized carbons (Fsp3) is 0.320. The number of aliphatic hydroxyl groups excluding tert-OH is 1. The molecule has 1 aliphatic rings. The molecule has 1 saturated heterocycles. The minimum absolute atomic E-state index is 0.00233. The molecule has 192 valence electrons. The van der Waals surface area contributed by atoms with E-state index in [1.165, 1.54) is 26.2 Å². The smallest absolute Gasteiger partial charge is 0.301 e. The van der Waals surface area contributed by atoms with E-state index in [1.54, 1.807) is 36.7 Å². The Morgan fingerprint density at radius 2 is 2.05 bits per heavy atom. The van der Waals surface area contributed by atoms with Crippen molar-refractivity contribution in [1.29, 1.82) is 5.26 Å². The van der Waals surface area contributed by atoms with Crippen LogP contribution in [0.1, 0.15) is 18.9 Å². The number of piperidine rings is 1. The summed E-state index contributed by atoms with van der Waals surface area (Å²) in [5.74, 6) is -3.41. The zero-order valence-electron chi connectivity index (χ0n) is 20.1. The fourth-order valence-electron chi connectivity index (χ4n) is 3.86. The number of carbonyl (C=O) groups excluding carboxylic acids is 1. The average Bonchev–Trinajstić information content (AvgIpc) is 2.89. The van der Waals surface area contributed by atoms with Crippen LogP contribution in [0.2, 0.25) is 0 Å². The van der Waals surface area contributed by atoms with E-state index in [9.17, 15) is 23.9 Å². The number of halogens is 2. The van der Waals surface area contributed by atoms with Crippen molar-refractivity contribution in [2.45, 2.75) is 31.5 Å². The zero-order chi connectivity index (χ0) is 26.6. The summed E-state index contributed by atoms with van der Waals surface area (Å²) < 4.78 is 40.2. The second-order valence-corrected chi connectivity index (χ2v) is 8.39. The van der Waals surface area contributed by atoms with Crippen molar-refractivity contribution in [1.82, 2.24) is 19.9 Å². The molecular weight excluding hydrogens is 486 g/mol. The van der Waals surface area contributed by atoms with Gasteiger partial charge in [0.05, 0.1) is 24.9 Å². The Morgan fingerprint density at radius 3 is 2.76 bits per heavy atom. The van der Waals surface area contributed by atoms with Crippen LogP contribution in [0.3, 0.4) is 0 Å². The molecule has 0 unspecified atom stereocenters. The number of hydrogen-bond donors (Lipinski definition) is 2. The van der Waals surface area contributed by atoms with Gasteiger partial charge >= 0.3 is 5.92 Å². The molecule has 10 nitrogen and oxygen atoms in total. The van der Waals surface area contributed by atoms with Crippen LogP contribution in [0.4, 0.5) is 20.4 Å². The number of nitrogens with one attached hydrogen (secondary N) is 1. The number of methoxy groups -OCH3 is 1. The van der Waals surface area contributed by atoms with E-state index in [4.69, 9.17) is 9.47 Å². The lowest BCUT2D eigenvalue weighted by molar-refractivity contribution is -0.165. The summed E-state index contributed by atoms with van der Waals surface area (Å²) in [4.78, 5) is 25.5. The summed E-state index contributed by atoms with van der Waals surface area (Å²) in [6.45, 7) is 0.363. The highest BCUT2D eigenvalue weighted by Crippen LogP contribution is 2.34.